The van der Waals surface area contributed by atoms with Crippen molar-refractivity contribution in [3.05, 3.63) is 58.2 Å². The molecule has 1 spiro atoms. The highest BCUT2D eigenvalue weighted by atomic mass is 16.3. The van der Waals surface area contributed by atoms with Crippen LogP contribution in [0.15, 0.2) is 28.8 Å². The van der Waals surface area contributed by atoms with Gasteiger partial charge in [-0.2, -0.15) is 0 Å². The zero-order chi connectivity index (χ0) is 24.2. The van der Waals surface area contributed by atoms with Crippen LogP contribution in [0.2, 0.25) is 0 Å². The zero-order valence-corrected chi connectivity index (χ0v) is 20.5. The van der Waals surface area contributed by atoms with Crippen LogP contribution >= 0.6 is 0 Å². The molecule has 1 aliphatic carbocycles. The number of piperidine rings is 1. The quantitative estimate of drug-likeness (QED) is 0.688. The van der Waals surface area contributed by atoms with Gasteiger partial charge in [-0.25, -0.2) is 4.98 Å². The number of nitrogens with zero attached hydrogens (tertiary/aromatic N) is 3. The number of aromatic nitrogens is 1. The molecule has 2 fully saturated rings. The molecule has 7 nitrogen and oxygen atoms in total. The van der Waals surface area contributed by atoms with Gasteiger partial charge in [0.15, 0.2) is 0 Å². The standard InChI is InChI=1S/C28H32N4O3/c1-18-22-5-3-4-6-23(22)35-25(18)21-16-32(17-21)24(33)8-7-19-13-20-14-28(9-11-31(2)12-10-28)27(34)30-26(20)29-15-19/h3,5,7-8,13,15,21H,4,6,9-12,14,16-17H2,1-2H3,(H,29,30,34)/b8-7+. The third-order valence-electron chi connectivity index (χ3n) is 8.29. The number of anilines is 1. The predicted octanol–water partition coefficient (Wildman–Crippen LogP) is 3.79. The lowest BCUT2D eigenvalue weighted by Gasteiger charge is -2.42. The van der Waals surface area contributed by atoms with Crippen molar-refractivity contribution in [3.63, 3.8) is 0 Å². The molecule has 35 heavy (non-hydrogen) atoms. The van der Waals surface area contributed by atoms with Crippen LogP contribution in [0, 0.1) is 12.3 Å². The molecule has 0 radical (unpaired) electrons. The van der Waals surface area contributed by atoms with Crippen molar-refractivity contribution in [3.8, 4) is 0 Å². The van der Waals surface area contributed by atoms with E-state index >= 15 is 0 Å². The van der Waals surface area contributed by atoms with Gasteiger partial charge in [-0.3, -0.25) is 9.59 Å². The number of rotatable bonds is 3. The van der Waals surface area contributed by atoms with E-state index in [-0.39, 0.29) is 23.1 Å². The van der Waals surface area contributed by atoms with Crippen LogP contribution in [-0.2, 0) is 22.4 Å². The Bertz CT molecular complexity index is 1240. The highest BCUT2D eigenvalue weighted by molar-refractivity contribution is 5.98. The molecule has 2 aromatic rings. The molecule has 2 saturated heterocycles. The lowest BCUT2D eigenvalue weighted by Crippen LogP contribution is -2.49. The Balaban J connectivity index is 1.10. The fraction of sp³-hybridized carbons (Fsp3) is 0.464. The molecule has 2 amide bonds. The fourth-order valence-corrected chi connectivity index (χ4v) is 5.91. The van der Waals surface area contributed by atoms with E-state index in [0.29, 0.717) is 25.3 Å². The number of amides is 2. The van der Waals surface area contributed by atoms with Crippen molar-refractivity contribution in [1.29, 1.82) is 0 Å². The SMILES string of the molecule is Cc1c(C2CN(C(=O)/C=C/c3cnc4c(c3)CC3(CCN(C)CC3)C(=O)N4)C2)oc2c1C=CCC2. The van der Waals surface area contributed by atoms with Crippen molar-refractivity contribution in [2.45, 2.75) is 44.9 Å². The molecule has 0 unspecified atom stereocenters. The highest BCUT2D eigenvalue weighted by Crippen LogP contribution is 2.41. The summed E-state index contributed by atoms with van der Waals surface area (Å²) < 4.78 is 6.16. The number of hydrogen-bond donors (Lipinski definition) is 1. The van der Waals surface area contributed by atoms with Gasteiger partial charge in [0, 0.05) is 37.3 Å². The Morgan fingerprint density at radius 2 is 2.09 bits per heavy atom. The second-order valence-corrected chi connectivity index (χ2v) is 10.6. The maximum atomic E-state index is 12.8. The van der Waals surface area contributed by atoms with E-state index in [4.69, 9.17) is 4.42 Å². The minimum absolute atomic E-state index is 0.00734. The molecule has 2 aromatic heterocycles. The van der Waals surface area contributed by atoms with Crippen molar-refractivity contribution in [1.82, 2.24) is 14.8 Å². The summed E-state index contributed by atoms with van der Waals surface area (Å²) in [4.78, 5) is 34.2. The van der Waals surface area contributed by atoms with Crippen LogP contribution in [0.3, 0.4) is 0 Å². The Labute approximate surface area is 205 Å². The molecule has 0 bridgehead atoms. The van der Waals surface area contributed by atoms with Gasteiger partial charge in [-0.05, 0) is 81.6 Å². The monoisotopic (exact) mass is 472 g/mol. The lowest BCUT2D eigenvalue weighted by molar-refractivity contribution is -0.130. The summed E-state index contributed by atoms with van der Waals surface area (Å²) in [6.07, 6.45) is 14.0. The molecule has 1 N–H and O–H groups in total. The number of carbonyl (C=O) groups is 2. The van der Waals surface area contributed by atoms with E-state index in [1.165, 1.54) is 11.1 Å². The van der Waals surface area contributed by atoms with Crippen LogP contribution in [0.25, 0.3) is 12.2 Å². The normalized spacial score (nSPS) is 21.7. The second-order valence-electron chi connectivity index (χ2n) is 10.6. The van der Waals surface area contributed by atoms with Gasteiger partial charge in [-0.15, -0.1) is 0 Å². The molecule has 4 aliphatic rings. The molecule has 3 aliphatic heterocycles. The van der Waals surface area contributed by atoms with Gasteiger partial charge in [0.25, 0.3) is 0 Å². The maximum Gasteiger partial charge on any atom is 0.246 e. The van der Waals surface area contributed by atoms with Crippen LogP contribution in [0.5, 0.6) is 0 Å². The Morgan fingerprint density at radius 1 is 1.29 bits per heavy atom. The summed E-state index contributed by atoms with van der Waals surface area (Å²) in [5.74, 6) is 3.15. The van der Waals surface area contributed by atoms with Crippen molar-refractivity contribution in [2.24, 2.45) is 5.41 Å². The number of carbonyl (C=O) groups excluding carboxylic acids is 2. The summed E-state index contributed by atoms with van der Waals surface area (Å²) in [5, 5.41) is 3.03. The Hall–Kier alpha value is -3.19. The van der Waals surface area contributed by atoms with Crippen LogP contribution in [0.4, 0.5) is 5.82 Å². The van der Waals surface area contributed by atoms with E-state index in [9.17, 15) is 9.59 Å². The summed E-state index contributed by atoms with van der Waals surface area (Å²) in [5.41, 5.74) is 4.05. The molecule has 0 aromatic carbocycles. The number of furan rings is 1. The fourth-order valence-electron chi connectivity index (χ4n) is 5.91. The average Bonchev–Trinajstić information content (AvgIpc) is 3.15. The van der Waals surface area contributed by atoms with Crippen molar-refractivity contribution >= 4 is 29.8 Å². The minimum atomic E-state index is -0.342. The Morgan fingerprint density at radius 3 is 2.86 bits per heavy atom. The first-order valence-electron chi connectivity index (χ1n) is 12.7. The van der Waals surface area contributed by atoms with Crippen molar-refractivity contribution < 1.29 is 14.0 Å². The number of fused-ring (bicyclic) bond motifs is 2. The third kappa shape index (κ3) is 3.92. The minimum Gasteiger partial charge on any atom is -0.465 e. The lowest BCUT2D eigenvalue weighted by atomic mass is 9.71. The molecular formula is C28H32N4O3. The van der Waals surface area contributed by atoms with E-state index in [0.717, 1.165) is 61.4 Å². The van der Waals surface area contributed by atoms with Gasteiger partial charge >= 0.3 is 0 Å². The van der Waals surface area contributed by atoms with Gasteiger partial charge in [0.05, 0.1) is 11.3 Å². The van der Waals surface area contributed by atoms with Crippen LogP contribution < -0.4 is 5.32 Å². The Kier molecular flexibility index (Phi) is 5.40. The molecular weight excluding hydrogens is 440 g/mol. The van der Waals surface area contributed by atoms with Gasteiger partial charge in [0.1, 0.15) is 17.3 Å². The number of nitrogens with one attached hydrogen (secondary N) is 1. The largest absolute Gasteiger partial charge is 0.465 e. The van der Waals surface area contributed by atoms with E-state index < -0.39 is 0 Å². The second kappa shape index (κ2) is 8.48. The average molecular weight is 473 g/mol. The molecule has 0 atom stereocenters. The third-order valence-corrected chi connectivity index (χ3v) is 8.29. The number of allylic oxidation sites excluding steroid dienone is 1. The number of pyridine rings is 1. The first-order chi connectivity index (χ1) is 16.9. The topological polar surface area (TPSA) is 78.7 Å². The van der Waals surface area contributed by atoms with Crippen molar-refractivity contribution in [2.75, 3.05) is 38.5 Å². The van der Waals surface area contributed by atoms with Crippen LogP contribution in [-0.4, -0.2) is 59.8 Å². The molecule has 0 saturated carbocycles. The molecule has 5 heterocycles. The van der Waals surface area contributed by atoms with E-state index in [1.54, 1.807) is 12.3 Å². The van der Waals surface area contributed by atoms with E-state index in [2.05, 4.69) is 47.4 Å². The van der Waals surface area contributed by atoms with Crippen LogP contribution in [0.1, 0.15) is 59.0 Å². The van der Waals surface area contributed by atoms with Gasteiger partial charge in [-0.1, -0.05) is 12.2 Å². The summed E-state index contributed by atoms with van der Waals surface area (Å²) >= 11 is 0. The summed E-state index contributed by atoms with van der Waals surface area (Å²) in [6, 6.07) is 2.06. The smallest absolute Gasteiger partial charge is 0.246 e. The van der Waals surface area contributed by atoms with Gasteiger partial charge in [0.2, 0.25) is 11.8 Å². The predicted molar refractivity (Wildman–Crippen MR) is 135 cm³/mol. The van der Waals surface area contributed by atoms with E-state index in [1.807, 2.05) is 11.0 Å². The number of hydrogen-bond acceptors (Lipinski definition) is 5. The first-order valence-corrected chi connectivity index (χ1v) is 12.7. The first kappa shape index (κ1) is 22.3. The molecule has 6 rings (SSSR count). The molecule has 7 heteroatoms. The number of likely N-dealkylation sites (tertiary alicyclic amines) is 2. The summed E-state index contributed by atoms with van der Waals surface area (Å²) in [6.45, 7) is 5.35. The number of aryl methyl sites for hydroxylation is 1. The maximum absolute atomic E-state index is 12.8. The zero-order valence-electron chi connectivity index (χ0n) is 20.5. The summed E-state index contributed by atoms with van der Waals surface area (Å²) in [7, 11) is 2.10. The van der Waals surface area contributed by atoms with Gasteiger partial charge < -0.3 is 19.5 Å². The molecule has 182 valence electrons. The highest BCUT2D eigenvalue weighted by Gasteiger charge is 2.44.